The molecule has 6 nitrogen and oxygen atoms in total. The third-order valence-electron chi connectivity index (χ3n) is 3.57. The van der Waals surface area contributed by atoms with Crippen LogP contribution in [0.5, 0.6) is 0 Å². The minimum Gasteiger partial charge on any atom is -0.393 e. The molecule has 1 atom stereocenters. The third-order valence-corrected chi connectivity index (χ3v) is 3.57. The van der Waals surface area contributed by atoms with Crippen molar-refractivity contribution in [1.82, 2.24) is 14.7 Å². The third kappa shape index (κ3) is 3.76. The molecule has 0 aliphatic rings. The fourth-order valence-electron chi connectivity index (χ4n) is 2.23. The first-order valence-corrected chi connectivity index (χ1v) is 7.56. The molecule has 0 aliphatic carbocycles. The van der Waals surface area contributed by atoms with E-state index in [9.17, 15) is 9.90 Å². The number of amides is 2. The van der Waals surface area contributed by atoms with E-state index < -0.39 is 6.10 Å². The second-order valence-corrected chi connectivity index (χ2v) is 5.95. The molecule has 0 saturated carbocycles. The van der Waals surface area contributed by atoms with Crippen LogP contribution in [0.2, 0.25) is 0 Å². The van der Waals surface area contributed by atoms with E-state index in [1.807, 2.05) is 29.1 Å². The number of aliphatic hydroxyl groups is 1. The highest BCUT2D eigenvalue weighted by atomic mass is 16.3. The topological polar surface area (TPSA) is 70.4 Å². The highest BCUT2D eigenvalue weighted by molar-refractivity contribution is 5.92. The Kier molecular flexibility index (Phi) is 5.03. The van der Waals surface area contributed by atoms with Gasteiger partial charge in [-0.05, 0) is 45.4 Å². The second kappa shape index (κ2) is 6.79. The Bertz CT molecular complexity index is 649. The molecule has 1 unspecified atom stereocenters. The van der Waals surface area contributed by atoms with E-state index >= 15 is 0 Å². The Morgan fingerprint density at radius 3 is 2.77 bits per heavy atom. The Labute approximate surface area is 130 Å². The maximum absolute atomic E-state index is 12.1. The molecular weight excluding hydrogens is 280 g/mol. The number of nitrogens with one attached hydrogen (secondary N) is 1. The fraction of sp³-hybridized carbons (Fsp3) is 0.500. The molecule has 2 amide bonds. The Morgan fingerprint density at radius 1 is 1.41 bits per heavy atom. The molecule has 0 bridgehead atoms. The smallest absolute Gasteiger partial charge is 0.321 e. The SMILES string of the molecule is CC(O)CCN(C)C(=O)Nc1ccc2cnn(C(C)C)c2c1. The van der Waals surface area contributed by atoms with Crippen LogP contribution in [0.25, 0.3) is 10.9 Å². The van der Waals surface area contributed by atoms with Gasteiger partial charge < -0.3 is 15.3 Å². The van der Waals surface area contributed by atoms with Gasteiger partial charge in [-0.15, -0.1) is 0 Å². The summed E-state index contributed by atoms with van der Waals surface area (Å²) < 4.78 is 1.93. The van der Waals surface area contributed by atoms with Crippen molar-refractivity contribution in [3.63, 3.8) is 0 Å². The number of urea groups is 1. The van der Waals surface area contributed by atoms with E-state index in [4.69, 9.17) is 0 Å². The van der Waals surface area contributed by atoms with Crippen LogP contribution < -0.4 is 5.32 Å². The van der Waals surface area contributed by atoms with E-state index in [-0.39, 0.29) is 12.1 Å². The maximum atomic E-state index is 12.1. The van der Waals surface area contributed by atoms with Gasteiger partial charge in [-0.1, -0.05) is 0 Å². The predicted octanol–water partition coefficient (Wildman–Crippen LogP) is 2.85. The highest BCUT2D eigenvalue weighted by Crippen LogP contribution is 2.21. The van der Waals surface area contributed by atoms with Crippen molar-refractivity contribution in [2.24, 2.45) is 0 Å². The number of nitrogens with zero attached hydrogens (tertiary/aromatic N) is 3. The number of rotatable bonds is 5. The highest BCUT2D eigenvalue weighted by Gasteiger charge is 2.11. The second-order valence-electron chi connectivity index (χ2n) is 5.95. The summed E-state index contributed by atoms with van der Waals surface area (Å²) in [7, 11) is 1.72. The zero-order valence-corrected chi connectivity index (χ0v) is 13.6. The van der Waals surface area contributed by atoms with E-state index in [0.717, 1.165) is 16.6 Å². The van der Waals surface area contributed by atoms with Crippen LogP contribution in [0, 0.1) is 0 Å². The van der Waals surface area contributed by atoms with Crippen molar-refractivity contribution in [2.45, 2.75) is 39.3 Å². The van der Waals surface area contributed by atoms with Crippen molar-refractivity contribution < 1.29 is 9.90 Å². The minimum atomic E-state index is -0.410. The summed E-state index contributed by atoms with van der Waals surface area (Å²) in [6, 6.07) is 5.83. The van der Waals surface area contributed by atoms with Crippen molar-refractivity contribution in [3.05, 3.63) is 24.4 Å². The van der Waals surface area contributed by atoms with Crippen LogP contribution in [0.3, 0.4) is 0 Å². The summed E-state index contributed by atoms with van der Waals surface area (Å²) in [5.41, 5.74) is 1.74. The predicted molar refractivity (Wildman–Crippen MR) is 88.1 cm³/mol. The number of carbonyl (C=O) groups excluding carboxylic acids is 1. The van der Waals surface area contributed by atoms with E-state index in [2.05, 4.69) is 24.3 Å². The van der Waals surface area contributed by atoms with Crippen LogP contribution in [0.1, 0.15) is 33.2 Å². The first-order valence-electron chi connectivity index (χ1n) is 7.56. The summed E-state index contributed by atoms with van der Waals surface area (Å²) in [6.45, 7) is 6.37. The number of aliphatic hydroxyl groups excluding tert-OH is 1. The quantitative estimate of drug-likeness (QED) is 0.892. The summed E-state index contributed by atoms with van der Waals surface area (Å²) >= 11 is 0. The lowest BCUT2D eigenvalue weighted by atomic mass is 10.2. The summed E-state index contributed by atoms with van der Waals surface area (Å²) in [4.78, 5) is 13.7. The number of aromatic nitrogens is 2. The van der Waals surface area contributed by atoms with Gasteiger partial charge in [0.1, 0.15) is 0 Å². The number of anilines is 1. The van der Waals surface area contributed by atoms with Crippen LogP contribution in [-0.4, -0.2) is 45.5 Å². The standard InChI is InChI=1S/C16H24N4O2/c1-11(2)20-15-9-14(6-5-13(15)10-17-20)18-16(22)19(4)8-7-12(3)21/h5-6,9-12,21H,7-8H2,1-4H3,(H,18,22). The molecule has 2 N–H and O–H groups in total. The molecule has 1 aromatic carbocycles. The largest absolute Gasteiger partial charge is 0.393 e. The molecule has 0 radical (unpaired) electrons. The molecular formula is C16H24N4O2. The molecule has 0 fully saturated rings. The zero-order valence-electron chi connectivity index (χ0n) is 13.6. The number of benzene rings is 1. The molecule has 22 heavy (non-hydrogen) atoms. The average Bonchev–Trinajstić information content (AvgIpc) is 2.87. The van der Waals surface area contributed by atoms with Gasteiger partial charge in [0.15, 0.2) is 0 Å². The summed E-state index contributed by atoms with van der Waals surface area (Å²) in [6.07, 6.45) is 1.98. The van der Waals surface area contributed by atoms with Crippen LogP contribution in [0.4, 0.5) is 10.5 Å². The van der Waals surface area contributed by atoms with Crippen molar-refractivity contribution in [1.29, 1.82) is 0 Å². The first kappa shape index (κ1) is 16.3. The normalized spacial score (nSPS) is 12.6. The van der Waals surface area contributed by atoms with Crippen molar-refractivity contribution in [2.75, 3.05) is 18.9 Å². The lowest BCUT2D eigenvalue weighted by molar-refractivity contribution is 0.167. The Hall–Kier alpha value is -2.08. The maximum Gasteiger partial charge on any atom is 0.321 e. The molecule has 120 valence electrons. The lowest BCUT2D eigenvalue weighted by Crippen LogP contribution is -2.33. The van der Waals surface area contributed by atoms with Gasteiger partial charge in [-0.3, -0.25) is 4.68 Å². The van der Waals surface area contributed by atoms with E-state index in [1.54, 1.807) is 18.9 Å². The molecule has 2 aromatic rings. The number of hydrogen-bond acceptors (Lipinski definition) is 3. The van der Waals surface area contributed by atoms with Gasteiger partial charge in [-0.25, -0.2) is 4.79 Å². The molecule has 0 aliphatic heterocycles. The average molecular weight is 304 g/mol. The fourth-order valence-corrected chi connectivity index (χ4v) is 2.23. The molecule has 0 saturated heterocycles. The first-order chi connectivity index (χ1) is 10.4. The van der Waals surface area contributed by atoms with Crippen molar-refractivity contribution in [3.8, 4) is 0 Å². The molecule has 2 rings (SSSR count). The lowest BCUT2D eigenvalue weighted by Gasteiger charge is -2.19. The molecule has 1 aromatic heterocycles. The van der Waals surface area contributed by atoms with E-state index in [1.165, 1.54) is 0 Å². The van der Waals surface area contributed by atoms with Gasteiger partial charge in [0.25, 0.3) is 0 Å². The van der Waals surface area contributed by atoms with Gasteiger partial charge in [0.2, 0.25) is 0 Å². The van der Waals surface area contributed by atoms with Crippen LogP contribution in [0.15, 0.2) is 24.4 Å². The number of fused-ring (bicyclic) bond motifs is 1. The van der Waals surface area contributed by atoms with Gasteiger partial charge in [-0.2, -0.15) is 5.10 Å². The molecule has 0 spiro atoms. The molecule has 1 heterocycles. The Balaban J connectivity index is 2.11. The molecule has 6 heteroatoms. The summed E-state index contributed by atoms with van der Waals surface area (Å²) in [5.74, 6) is 0. The van der Waals surface area contributed by atoms with Gasteiger partial charge in [0.05, 0.1) is 17.8 Å². The van der Waals surface area contributed by atoms with Crippen LogP contribution in [-0.2, 0) is 0 Å². The minimum absolute atomic E-state index is 0.185. The van der Waals surface area contributed by atoms with Crippen LogP contribution >= 0.6 is 0 Å². The summed E-state index contributed by atoms with van der Waals surface area (Å²) in [5, 5.41) is 17.6. The number of carbonyl (C=O) groups is 1. The Morgan fingerprint density at radius 2 is 2.14 bits per heavy atom. The van der Waals surface area contributed by atoms with Gasteiger partial charge >= 0.3 is 6.03 Å². The number of hydrogen-bond donors (Lipinski definition) is 2. The van der Waals surface area contributed by atoms with Crippen molar-refractivity contribution >= 4 is 22.6 Å². The monoisotopic (exact) mass is 304 g/mol. The zero-order chi connectivity index (χ0) is 16.3. The van der Waals surface area contributed by atoms with Gasteiger partial charge in [0, 0.05) is 30.7 Å². The van der Waals surface area contributed by atoms with E-state index in [0.29, 0.717) is 13.0 Å².